The lowest BCUT2D eigenvalue weighted by molar-refractivity contribution is 0.160. The summed E-state index contributed by atoms with van der Waals surface area (Å²) >= 11 is 0. The van der Waals surface area contributed by atoms with E-state index in [-0.39, 0.29) is 5.41 Å². The lowest BCUT2D eigenvalue weighted by Gasteiger charge is -2.32. The summed E-state index contributed by atoms with van der Waals surface area (Å²) in [6.07, 6.45) is 8.00. The quantitative estimate of drug-likeness (QED) is 0.419. The molecule has 10 nitrogen and oxygen atoms in total. The molecule has 10 heteroatoms. The minimum absolute atomic E-state index is 0.204. The normalized spacial score (nSPS) is 17.1. The number of pyridine rings is 2. The molecule has 6 heterocycles. The van der Waals surface area contributed by atoms with Crippen LogP contribution in [0.1, 0.15) is 31.9 Å². The van der Waals surface area contributed by atoms with Crippen molar-refractivity contribution in [2.45, 2.75) is 31.7 Å². The molecule has 6 rings (SSSR count). The summed E-state index contributed by atoms with van der Waals surface area (Å²) in [5, 5.41) is 12.3. The van der Waals surface area contributed by atoms with Gasteiger partial charge in [0, 0.05) is 60.0 Å². The molecule has 2 N–H and O–H groups in total. The Kier molecular flexibility index (Phi) is 5.44. The van der Waals surface area contributed by atoms with Gasteiger partial charge in [-0.25, -0.2) is 24.6 Å². The highest BCUT2D eigenvalue weighted by atomic mass is 16.6. The van der Waals surface area contributed by atoms with Crippen LogP contribution in [0.2, 0.25) is 0 Å². The Hall–Kier alpha value is -3.79. The number of hydrogen-bond donors (Lipinski definition) is 2. The van der Waals surface area contributed by atoms with E-state index in [0.717, 1.165) is 58.9 Å². The molecule has 4 aromatic rings. The van der Waals surface area contributed by atoms with Crippen LogP contribution in [0.4, 0.5) is 5.82 Å². The number of anilines is 1. The first-order valence-corrected chi connectivity index (χ1v) is 12.0. The van der Waals surface area contributed by atoms with Crippen molar-refractivity contribution in [3.05, 3.63) is 48.7 Å². The Morgan fingerprint density at radius 1 is 1.11 bits per heavy atom. The van der Waals surface area contributed by atoms with E-state index in [4.69, 9.17) is 9.47 Å². The fourth-order valence-corrected chi connectivity index (χ4v) is 4.53. The summed E-state index contributed by atoms with van der Waals surface area (Å²) in [5.41, 5.74) is 3.52. The average molecular weight is 473 g/mol. The zero-order valence-electron chi connectivity index (χ0n) is 19.9. The Morgan fingerprint density at radius 3 is 2.83 bits per heavy atom. The molecule has 0 spiro atoms. The van der Waals surface area contributed by atoms with Crippen molar-refractivity contribution in [2.24, 2.45) is 0 Å². The summed E-state index contributed by atoms with van der Waals surface area (Å²) in [6, 6.07) is 6.43. The van der Waals surface area contributed by atoms with Gasteiger partial charge in [0.15, 0.2) is 11.4 Å². The molecule has 4 aromatic heterocycles. The first kappa shape index (κ1) is 21.7. The molecule has 180 valence electrons. The van der Waals surface area contributed by atoms with E-state index >= 15 is 0 Å². The van der Waals surface area contributed by atoms with Crippen LogP contribution in [0, 0.1) is 0 Å². The zero-order valence-corrected chi connectivity index (χ0v) is 19.9. The van der Waals surface area contributed by atoms with Crippen LogP contribution < -0.4 is 20.1 Å². The van der Waals surface area contributed by atoms with Gasteiger partial charge in [0.05, 0.1) is 17.9 Å². The highest BCUT2D eigenvalue weighted by Crippen LogP contribution is 2.40. The van der Waals surface area contributed by atoms with E-state index in [1.54, 1.807) is 12.5 Å². The average Bonchev–Trinajstić information content (AvgIpc) is 3.29. The highest BCUT2D eigenvalue weighted by Gasteiger charge is 2.31. The third-order valence-corrected chi connectivity index (χ3v) is 7.03. The molecule has 2 aliphatic heterocycles. The summed E-state index contributed by atoms with van der Waals surface area (Å²) in [5.74, 6) is 2.06. The Bertz CT molecular complexity index is 1370. The van der Waals surface area contributed by atoms with Crippen LogP contribution in [-0.2, 0) is 5.41 Å². The topological polar surface area (TPSA) is 112 Å². The van der Waals surface area contributed by atoms with Gasteiger partial charge in [-0.1, -0.05) is 13.8 Å². The van der Waals surface area contributed by atoms with E-state index in [2.05, 4.69) is 55.6 Å². The molecular weight excluding hydrogens is 444 g/mol. The van der Waals surface area contributed by atoms with Crippen molar-refractivity contribution < 1.29 is 9.47 Å². The number of ether oxygens (including phenoxy) is 2. The fourth-order valence-electron chi connectivity index (χ4n) is 4.53. The lowest BCUT2D eigenvalue weighted by Crippen LogP contribution is -2.43. The maximum atomic E-state index is 5.94. The van der Waals surface area contributed by atoms with Gasteiger partial charge < -0.3 is 20.1 Å². The van der Waals surface area contributed by atoms with Crippen molar-refractivity contribution in [1.29, 1.82) is 0 Å². The van der Waals surface area contributed by atoms with Gasteiger partial charge in [-0.2, -0.15) is 5.10 Å². The molecule has 0 bridgehead atoms. The van der Waals surface area contributed by atoms with Gasteiger partial charge in [-0.15, -0.1) is 0 Å². The fraction of sp³-hybridized carbons (Fsp3) is 0.400. The molecular formula is C25H28N8O2. The molecule has 1 saturated heterocycles. The van der Waals surface area contributed by atoms with Gasteiger partial charge in [0.2, 0.25) is 0 Å². The lowest BCUT2D eigenvalue weighted by atomic mass is 9.79. The van der Waals surface area contributed by atoms with E-state index in [1.807, 2.05) is 29.2 Å². The minimum atomic E-state index is -0.204. The van der Waals surface area contributed by atoms with Crippen LogP contribution in [0.15, 0.2) is 43.1 Å². The number of nitrogens with zero attached hydrogens (tertiary/aromatic N) is 6. The summed E-state index contributed by atoms with van der Waals surface area (Å²) in [7, 11) is 0. The largest absolute Gasteiger partial charge is 0.484 e. The van der Waals surface area contributed by atoms with Crippen LogP contribution >= 0.6 is 0 Å². The number of fused-ring (bicyclic) bond motifs is 2. The molecule has 35 heavy (non-hydrogen) atoms. The van der Waals surface area contributed by atoms with Crippen LogP contribution in [0.5, 0.6) is 11.6 Å². The standard InChI is InChI=1S/C25H28N8O2/c1-3-25(2,19-4-5-27-24-22(19)34-6-7-35-24)14-29-21-9-20(30-15-31-21)16-8-17-11-32-33(18-12-26-13-18)23(17)28-10-16/h4-5,8-11,15,18,26H,3,6-7,12-14H2,1-2H3,(H,29,30,31)/t25-/m1/s1. The number of hydrogen-bond acceptors (Lipinski definition) is 9. The summed E-state index contributed by atoms with van der Waals surface area (Å²) < 4.78 is 13.6. The smallest absolute Gasteiger partial charge is 0.257 e. The van der Waals surface area contributed by atoms with Crippen LogP contribution in [-0.4, -0.2) is 62.6 Å². The predicted molar refractivity (Wildman–Crippen MR) is 132 cm³/mol. The Morgan fingerprint density at radius 2 is 2.00 bits per heavy atom. The third-order valence-electron chi connectivity index (χ3n) is 7.03. The third kappa shape index (κ3) is 3.93. The molecule has 0 aromatic carbocycles. The van der Waals surface area contributed by atoms with Crippen LogP contribution in [0.3, 0.4) is 0 Å². The molecule has 0 amide bonds. The molecule has 0 saturated carbocycles. The maximum absolute atomic E-state index is 5.94. The van der Waals surface area contributed by atoms with E-state index in [1.165, 1.54) is 0 Å². The molecule has 1 atom stereocenters. The zero-order chi connectivity index (χ0) is 23.8. The number of nitrogens with one attached hydrogen (secondary N) is 2. The molecule has 0 aliphatic carbocycles. The first-order chi connectivity index (χ1) is 17.1. The Labute approximate surface area is 203 Å². The summed E-state index contributed by atoms with van der Waals surface area (Å²) in [6.45, 7) is 7.96. The molecule has 0 radical (unpaired) electrons. The highest BCUT2D eigenvalue weighted by molar-refractivity contribution is 5.80. The SMILES string of the molecule is CC[C@](C)(CNc1cc(-c2cnc3c(cnn3C3CNC3)c2)ncn1)c1ccnc2c1OCCO2. The van der Waals surface area contributed by atoms with E-state index in [0.29, 0.717) is 31.7 Å². The van der Waals surface area contributed by atoms with Gasteiger partial charge in [0.1, 0.15) is 25.4 Å². The monoisotopic (exact) mass is 472 g/mol. The Balaban J connectivity index is 1.23. The van der Waals surface area contributed by atoms with Gasteiger partial charge >= 0.3 is 0 Å². The van der Waals surface area contributed by atoms with E-state index < -0.39 is 0 Å². The van der Waals surface area contributed by atoms with Crippen molar-refractivity contribution in [2.75, 3.05) is 38.2 Å². The van der Waals surface area contributed by atoms with E-state index in [9.17, 15) is 0 Å². The van der Waals surface area contributed by atoms with Gasteiger partial charge in [0.25, 0.3) is 5.88 Å². The predicted octanol–water partition coefficient (Wildman–Crippen LogP) is 2.98. The minimum Gasteiger partial charge on any atom is -0.484 e. The second kappa shape index (κ2) is 8.77. The second-order valence-corrected chi connectivity index (χ2v) is 9.28. The van der Waals surface area contributed by atoms with Crippen molar-refractivity contribution in [3.63, 3.8) is 0 Å². The van der Waals surface area contributed by atoms with Gasteiger partial charge in [-0.3, -0.25) is 0 Å². The van der Waals surface area contributed by atoms with Crippen molar-refractivity contribution in [3.8, 4) is 22.9 Å². The molecule has 0 unspecified atom stereocenters. The molecule has 1 fully saturated rings. The van der Waals surface area contributed by atoms with Crippen molar-refractivity contribution >= 4 is 16.9 Å². The molecule has 2 aliphatic rings. The summed E-state index contributed by atoms with van der Waals surface area (Å²) in [4.78, 5) is 18.0. The number of rotatable bonds is 7. The first-order valence-electron chi connectivity index (χ1n) is 12.0. The maximum Gasteiger partial charge on any atom is 0.257 e. The number of aromatic nitrogens is 6. The van der Waals surface area contributed by atoms with Gasteiger partial charge in [-0.05, 0) is 18.6 Å². The second-order valence-electron chi connectivity index (χ2n) is 9.28. The van der Waals surface area contributed by atoms with Crippen LogP contribution in [0.25, 0.3) is 22.3 Å². The van der Waals surface area contributed by atoms with Crippen molar-refractivity contribution in [1.82, 2.24) is 35.0 Å².